The summed E-state index contributed by atoms with van der Waals surface area (Å²) in [5.74, 6) is 0.907. The van der Waals surface area contributed by atoms with Crippen molar-refractivity contribution in [2.45, 2.75) is 17.1 Å². The summed E-state index contributed by atoms with van der Waals surface area (Å²) in [6.07, 6.45) is 1.45. The predicted octanol–water partition coefficient (Wildman–Crippen LogP) is 5.88. The van der Waals surface area contributed by atoms with E-state index < -0.39 is 0 Å². The average molecular weight is 419 g/mol. The Balaban J connectivity index is 1.58. The smallest absolute Gasteiger partial charge is 0.253 e. The van der Waals surface area contributed by atoms with Crippen LogP contribution in [0.5, 0.6) is 0 Å². The number of nitrogens with zero attached hydrogens (tertiary/aromatic N) is 1. The number of thioether (sulfide) groups is 1. The number of amides is 1. The minimum absolute atomic E-state index is 0.187. The van der Waals surface area contributed by atoms with Crippen LogP contribution in [0.2, 0.25) is 10.0 Å². The molecule has 0 aliphatic carbocycles. The lowest BCUT2D eigenvalue weighted by Gasteiger charge is -2.08. The molecule has 0 saturated carbocycles. The zero-order valence-corrected chi connectivity index (χ0v) is 16.7. The summed E-state index contributed by atoms with van der Waals surface area (Å²) in [5, 5.41) is 4.75. The summed E-state index contributed by atoms with van der Waals surface area (Å²) in [4.78, 5) is 13.2. The maximum atomic E-state index is 12.1. The van der Waals surface area contributed by atoms with Gasteiger partial charge in [-0.25, -0.2) is 5.43 Å². The van der Waals surface area contributed by atoms with E-state index in [1.165, 1.54) is 18.0 Å². The van der Waals surface area contributed by atoms with Crippen molar-refractivity contribution in [3.05, 3.63) is 76.5 Å². The van der Waals surface area contributed by atoms with Crippen LogP contribution in [0.15, 0.2) is 75.1 Å². The summed E-state index contributed by atoms with van der Waals surface area (Å²) in [6.45, 7) is 1.83. The molecule has 0 saturated heterocycles. The number of rotatable bonds is 6. The molecule has 0 bridgehead atoms. The third kappa shape index (κ3) is 5.39. The zero-order valence-electron chi connectivity index (χ0n) is 14.4. The predicted molar refractivity (Wildman–Crippen MR) is 112 cm³/mol. The molecular formula is C20H16Cl2N2O2S. The highest BCUT2D eigenvalue weighted by atomic mass is 35.5. The number of carbonyl (C=O) groups excluding carboxylic acids is 1. The number of halogens is 2. The van der Waals surface area contributed by atoms with E-state index in [4.69, 9.17) is 27.6 Å². The third-order valence-electron chi connectivity index (χ3n) is 3.62. The minimum atomic E-state index is -0.274. The van der Waals surface area contributed by atoms with Crippen LogP contribution in [-0.2, 0) is 4.79 Å². The van der Waals surface area contributed by atoms with Crippen LogP contribution < -0.4 is 5.43 Å². The molecule has 2 aromatic carbocycles. The summed E-state index contributed by atoms with van der Waals surface area (Å²) in [7, 11) is 0. The molecule has 0 aliphatic rings. The van der Waals surface area contributed by atoms with E-state index in [0.29, 0.717) is 21.6 Å². The SMILES string of the molecule is C[C@@H](Sc1ccccc1)C(=O)N/N=C\c1ccc(-c2ccc(Cl)cc2Cl)o1. The van der Waals surface area contributed by atoms with Crippen molar-refractivity contribution >= 4 is 47.1 Å². The van der Waals surface area contributed by atoms with Crippen LogP contribution in [0.4, 0.5) is 0 Å². The first kappa shape index (κ1) is 19.5. The third-order valence-corrected chi connectivity index (χ3v) is 5.27. The number of benzene rings is 2. The summed E-state index contributed by atoms with van der Waals surface area (Å²) >= 11 is 13.6. The molecule has 1 heterocycles. The van der Waals surface area contributed by atoms with Crippen LogP contribution in [0.3, 0.4) is 0 Å². The maximum absolute atomic E-state index is 12.1. The molecule has 7 heteroatoms. The van der Waals surface area contributed by atoms with Gasteiger partial charge in [0.05, 0.1) is 16.5 Å². The maximum Gasteiger partial charge on any atom is 0.253 e. The number of hydrogen-bond acceptors (Lipinski definition) is 4. The van der Waals surface area contributed by atoms with E-state index >= 15 is 0 Å². The summed E-state index contributed by atoms with van der Waals surface area (Å²) in [6, 6.07) is 18.5. The van der Waals surface area contributed by atoms with Gasteiger partial charge in [-0.15, -0.1) is 11.8 Å². The monoisotopic (exact) mass is 418 g/mol. The van der Waals surface area contributed by atoms with E-state index in [1.807, 2.05) is 37.3 Å². The Morgan fingerprint density at radius 2 is 1.93 bits per heavy atom. The Labute approximate surface area is 171 Å². The Morgan fingerprint density at radius 3 is 2.67 bits per heavy atom. The lowest BCUT2D eigenvalue weighted by atomic mass is 10.2. The van der Waals surface area contributed by atoms with Gasteiger partial charge in [0.2, 0.25) is 0 Å². The Hall–Kier alpha value is -2.21. The second-order valence-electron chi connectivity index (χ2n) is 5.63. The fourth-order valence-electron chi connectivity index (χ4n) is 2.26. The van der Waals surface area contributed by atoms with Gasteiger partial charge in [0, 0.05) is 15.5 Å². The second-order valence-corrected chi connectivity index (χ2v) is 7.89. The lowest BCUT2D eigenvalue weighted by molar-refractivity contribution is -0.120. The summed E-state index contributed by atoms with van der Waals surface area (Å²) in [5.41, 5.74) is 3.26. The molecule has 3 aromatic rings. The second kappa shape index (κ2) is 9.13. The molecule has 0 unspecified atom stereocenters. The summed E-state index contributed by atoms with van der Waals surface area (Å²) < 4.78 is 5.70. The van der Waals surface area contributed by atoms with Crippen LogP contribution in [0.1, 0.15) is 12.7 Å². The molecule has 1 aromatic heterocycles. The van der Waals surface area contributed by atoms with Crippen LogP contribution in [0, 0.1) is 0 Å². The average Bonchev–Trinajstić information content (AvgIpc) is 3.11. The van der Waals surface area contributed by atoms with Gasteiger partial charge in [-0.3, -0.25) is 4.79 Å². The molecule has 1 atom stereocenters. The van der Waals surface area contributed by atoms with E-state index in [1.54, 1.807) is 30.3 Å². The van der Waals surface area contributed by atoms with Crippen LogP contribution in [0.25, 0.3) is 11.3 Å². The normalized spacial score (nSPS) is 12.3. The Kier molecular flexibility index (Phi) is 6.61. The molecule has 4 nitrogen and oxygen atoms in total. The largest absolute Gasteiger partial charge is 0.455 e. The molecular weight excluding hydrogens is 403 g/mol. The van der Waals surface area contributed by atoms with Gasteiger partial charge < -0.3 is 4.42 Å². The molecule has 1 amide bonds. The topological polar surface area (TPSA) is 54.6 Å². The highest BCUT2D eigenvalue weighted by Crippen LogP contribution is 2.31. The molecule has 0 aliphatic heterocycles. The van der Waals surface area contributed by atoms with Crippen molar-refractivity contribution in [2.24, 2.45) is 5.10 Å². The molecule has 0 fully saturated rings. The fourth-order valence-corrected chi connectivity index (χ4v) is 3.65. The number of furan rings is 1. The van der Waals surface area contributed by atoms with E-state index in [0.717, 1.165) is 10.5 Å². The quantitative estimate of drug-likeness (QED) is 0.308. The van der Waals surface area contributed by atoms with Gasteiger partial charge in [0.1, 0.15) is 11.5 Å². The first-order valence-electron chi connectivity index (χ1n) is 8.13. The first-order chi connectivity index (χ1) is 13.0. The standard InChI is InChI=1S/C20H16Cl2N2O2S/c1-13(27-16-5-3-2-4-6-16)20(25)24-23-12-15-8-10-19(26-15)17-9-7-14(21)11-18(17)22/h2-13H,1H3,(H,24,25)/b23-12-/t13-/m1/s1. The van der Waals surface area contributed by atoms with Gasteiger partial charge in [0.15, 0.2) is 0 Å². The van der Waals surface area contributed by atoms with E-state index in [2.05, 4.69) is 10.5 Å². The Morgan fingerprint density at radius 1 is 1.15 bits per heavy atom. The number of carbonyl (C=O) groups is 1. The van der Waals surface area contributed by atoms with E-state index in [9.17, 15) is 4.79 Å². The van der Waals surface area contributed by atoms with Gasteiger partial charge in [-0.05, 0) is 49.4 Å². The highest BCUT2D eigenvalue weighted by Gasteiger charge is 2.13. The highest BCUT2D eigenvalue weighted by molar-refractivity contribution is 8.00. The fraction of sp³-hybridized carbons (Fsp3) is 0.100. The van der Waals surface area contributed by atoms with Crippen LogP contribution >= 0.6 is 35.0 Å². The molecule has 27 heavy (non-hydrogen) atoms. The Bertz CT molecular complexity index is 958. The zero-order chi connectivity index (χ0) is 19.2. The van der Waals surface area contributed by atoms with Gasteiger partial charge >= 0.3 is 0 Å². The number of hydrazone groups is 1. The van der Waals surface area contributed by atoms with Crippen molar-refractivity contribution in [2.75, 3.05) is 0 Å². The number of hydrogen-bond donors (Lipinski definition) is 1. The number of nitrogens with one attached hydrogen (secondary N) is 1. The molecule has 0 spiro atoms. The first-order valence-corrected chi connectivity index (χ1v) is 9.76. The van der Waals surface area contributed by atoms with E-state index in [-0.39, 0.29) is 11.2 Å². The van der Waals surface area contributed by atoms with Crippen molar-refractivity contribution in [3.8, 4) is 11.3 Å². The van der Waals surface area contributed by atoms with Gasteiger partial charge in [-0.2, -0.15) is 5.10 Å². The molecule has 0 radical (unpaired) electrons. The lowest BCUT2D eigenvalue weighted by Crippen LogP contribution is -2.26. The van der Waals surface area contributed by atoms with Gasteiger partial charge in [0.25, 0.3) is 5.91 Å². The van der Waals surface area contributed by atoms with Crippen molar-refractivity contribution in [3.63, 3.8) is 0 Å². The van der Waals surface area contributed by atoms with Crippen molar-refractivity contribution < 1.29 is 9.21 Å². The minimum Gasteiger partial charge on any atom is -0.455 e. The van der Waals surface area contributed by atoms with Crippen molar-refractivity contribution in [1.29, 1.82) is 0 Å². The van der Waals surface area contributed by atoms with Crippen LogP contribution in [-0.4, -0.2) is 17.4 Å². The van der Waals surface area contributed by atoms with Gasteiger partial charge in [-0.1, -0.05) is 41.4 Å². The molecule has 3 rings (SSSR count). The molecule has 1 N–H and O–H groups in total. The molecule has 138 valence electrons. The van der Waals surface area contributed by atoms with Crippen molar-refractivity contribution in [1.82, 2.24) is 5.43 Å².